The van der Waals surface area contributed by atoms with E-state index in [1.165, 1.54) is 15.1 Å². The summed E-state index contributed by atoms with van der Waals surface area (Å²) in [6.07, 6.45) is 2.39. The van der Waals surface area contributed by atoms with Gasteiger partial charge in [-0.1, -0.05) is 25.6 Å². The van der Waals surface area contributed by atoms with Crippen LogP contribution in [0.3, 0.4) is 0 Å². The molecule has 1 aliphatic carbocycles. The van der Waals surface area contributed by atoms with Gasteiger partial charge in [0.25, 0.3) is 0 Å². The highest BCUT2D eigenvalue weighted by Crippen LogP contribution is 2.25. The summed E-state index contributed by atoms with van der Waals surface area (Å²) >= 11 is 3.41. The number of nitrogens with one attached hydrogen (secondary N) is 1. The van der Waals surface area contributed by atoms with E-state index in [9.17, 15) is 4.79 Å². The van der Waals surface area contributed by atoms with Gasteiger partial charge in [-0.2, -0.15) is 0 Å². The molecule has 3 rings (SSSR count). The number of hydrogen-bond acceptors (Lipinski definition) is 5. The summed E-state index contributed by atoms with van der Waals surface area (Å²) in [5.74, 6) is 1.13. The van der Waals surface area contributed by atoms with Crippen molar-refractivity contribution in [3.63, 3.8) is 0 Å². The molecule has 6 heteroatoms. The molecule has 4 nitrogen and oxygen atoms in total. The van der Waals surface area contributed by atoms with Crippen molar-refractivity contribution in [2.75, 3.05) is 12.8 Å². The van der Waals surface area contributed by atoms with Crippen molar-refractivity contribution in [3.05, 3.63) is 20.8 Å². The lowest BCUT2D eigenvalue weighted by molar-refractivity contribution is -0.118. The Morgan fingerprint density at radius 2 is 2.27 bits per heavy atom. The third kappa shape index (κ3) is 3.33. The average Bonchev–Trinajstić information content (AvgIpc) is 3.16. The van der Waals surface area contributed by atoms with Gasteiger partial charge in [-0.05, 0) is 31.7 Å². The number of fused-ring (bicyclic) bond motifs is 1. The first-order valence-corrected chi connectivity index (χ1v) is 9.62. The zero-order chi connectivity index (χ0) is 15.9. The lowest BCUT2D eigenvalue weighted by Gasteiger charge is -2.28. The van der Waals surface area contributed by atoms with Gasteiger partial charge in [0.2, 0.25) is 5.91 Å². The van der Waals surface area contributed by atoms with E-state index in [-0.39, 0.29) is 12.1 Å². The number of rotatable bonds is 5. The first-order chi connectivity index (χ1) is 10.5. The first kappa shape index (κ1) is 15.9. The molecule has 0 bridgehead atoms. The van der Waals surface area contributed by atoms with Crippen LogP contribution in [-0.4, -0.2) is 35.8 Å². The number of thiophene rings is 1. The summed E-state index contributed by atoms with van der Waals surface area (Å²) in [6, 6.07) is 2.68. The van der Waals surface area contributed by atoms with E-state index in [4.69, 9.17) is 4.99 Å². The van der Waals surface area contributed by atoms with Crippen LogP contribution in [0.25, 0.3) is 5.03 Å². The second-order valence-corrected chi connectivity index (χ2v) is 8.36. The lowest BCUT2D eigenvalue weighted by Crippen LogP contribution is -2.40. The molecular formula is C16H23N3OS2. The highest BCUT2D eigenvalue weighted by molar-refractivity contribution is 8.08. The monoisotopic (exact) mass is 337 g/mol. The Hall–Kier alpha value is -1.01. The van der Waals surface area contributed by atoms with E-state index in [0.29, 0.717) is 17.7 Å². The van der Waals surface area contributed by atoms with Crippen molar-refractivity contribution in [1.82, 2.24) is 10.2 Å². The maximum Gasteiger partial charge on any atom is 0.230 e. The molecule has 2 aliphatic rings. The minimum atomic E-state index is 0.125. The predicted octanol–water partition coefficient (Wildman–Crippen LogP) is 1.86. The van der Waals surface area contributed by atoms with Gasteiger partial charge in [0.15, 0.2) is 0 Å². The van der Waals surface area contributed by atoms with Crippen LogP contribution >= 0.6 is 23.1 Å². The van der Waals surface area contributed by atoms with Crippen LogP contribution in [-0.2, 0) is 4.79 Å². The molecule has 22 heavy (non-hydrogen) atoms. The lowest BCUT2D eigenvalue weighted by atomic mass is 10.2. The fourth-order valence-electron chi connectivity index (χ4n) is 2.36. The van der Waals surface area contributed by atoms with E-state index in [1.54, 1.807) is 23.1 Å². The van der Waals surface area contributed by atoms with Crippen molar-refractivity contribution < 1.29 is 4.79 Å². The van der Waals surface area contributed by atoms with Crippen LogP contribution in [0.4, 0.5) is 0 Å². The van der Waals surface area contributed by atoms with Crippen LogP contribution in [0, 0.1) is 0 Å². The van der Waals surface area contributed by atoms with E-state index in [0.717, 1.165) is 17.5 Å². The molecular weight excluding hydrogens is 314 g/mol. The third-order valence-corrected chi connectivity index (χ3v) is 6.53. The molecule has 2 heterocycles. The van der Waals surface area contributed by atoms with Crippen LogP contribution in [0.15, 0.2) is 11.1 Å². The van der Waals surface area contributed by atoms with Crippen molar-refractivity contribution in [2.24, 2.45) is 4.99 Å². The molecule has 0 saturated heterocycles. The molecule has 0 aromatic carbocycles. The van der Waals surface area contributed by atoms with E-state index < -0.39 is 0 Å². The van der Waals surface area contributed by atoms with Crippen molar-refractivity contribution >= 4 is 34.0 Å². The Bertz CT molecular complexity index is 691. The van der Waals surface area contributed by atoms with Crippen LogP contribution in [0.2, 0.25) is 0 Å². The maximum absolute atomic E-state index is 12.0. The number of nitrogens with zero attached hydrogens (tertiary/aromatic N) is 2. The zero-order valence-corrected chi connectivity index (χ0v) is 15.2. The van der Waals surface area contributed by atoms with Crippen molar-refractivity contribution in [1.29, 1.82) is 0 Å². The summed E-state index contributed by atoms with van der Waals surface area (Å²) in [7, 11) is 2.06. The molecule has 1 aromatic rings. The fraction of sp³-hybridized carbons (Fsp3) is 0.625. The second-order valence-electron chi connectivity index (χ2n) is 6.33. The van der Waals surface area contributed by atoms with Gasteiger partial charge in [-0.25, -0.2) is 4.99 Å². The highest BCUT2D eigenvalue weighted by Gasteiger charge is 2.25. The number of carbonyl (C=O) groups excluding carboxylic acids is 1. The van der Waals surface area contributed by atoms with Gasteiger partial charge >= 0.3 is 0 Å². The SMILES string of the molecule is CC(C)c1cc2c(s1)=NC(C)N(C)C=2SCC(=O)NC1CC1. The molecule has 0 spiro atoms. The van der Waals surface area contributed by atoms with Crippen LogP contribution < -0.4 is 15.2 Å². The summed E-state index contributed by atoms with van der Waals surface area (Å²) < 4.78 is 1.11. The Kier molecular flexibility index (Phi) is 4.50. The maximum atomic E-state index is 12.0. The van der Waals surface area contributed by atoms with Gasteiger partial charge < -0.3 is 10.2 Å². The molecule has 1 aromatic heterocycles. The summed E-state index contributed by atoms with van der Waals surface area (Å²) in [6.45, 7) is 6.52. The number of hydrogen-bond donors (Lipinski definition) is 1. The van der Waals surface area contributed by atoms with Crippen LogP contribution in [0.5, 0.6) is 0 Å². The normalized spacial score (nSPS) is 20.9. The van der Waals surface area contributed by atoms with Crippen molar-refractivity contribution in [3.8, 4) is 0 Å². The Labute approximate surface area is 139 Å². The second kappa shape index (κ2) is 6.24. The first-order valence-electron chi connectivity index (χ1n) is 7.82. The van der Waals surface area contributed by atoms with E-state index in [2.05, 4.69) is 44.1 Å². The summed E-state index contributed by atoms with van der Waals surface area (Å²) in [5, 5.41) is 5.42. The smallest absolute Gasteiger partial charge is 0.230 e. The van der Waals surface area contributed by atoms with Gasteiger partial charge in [0.1, 0.15) is 10.8 Å². The largest absolute Gasteiger partial charge is 0.353 e. The van der Waals surface area contributed by atoms with Gasteiger partial charge in [-0.15, -0.1) is 11.3 Å². The van der Waals surface area contributed by atoms with Crippen LogP contribution in [0.1, 0.15) is 44.4 Å². The molecule has 1 aliphatic heterocycles. The Morgan fingerprint density at radius 3 is 2.91 bits per heavy atom. The minimum Gasteiger partial charge on any atom is -0.353 e. The Morgan fingerprint density at radius 1 is 1.55 bits per heavy atom. The number of carbonyl (C=O) groups is 1. The minimum absolute atomic E-state index is 0.125. The topological polar surface area (TPSA) is 44.7 Å². The molecule has 1 amide bonds. The zero-order valence-electron chi connectivity index (χ0n) is 13.5. The van der Waals surface area contributed by atoms with Gasteiger partial charge in [0.05, 0.1) is 10.8 Å². The number of thioether (sulfide) groups is 1. The number of amides is 1. The molecule has 0 radical (unpaired) electrons. The standard InChI is InChI=1S/C16H23N3OS2/c1-9(2)13-7-12-15(22-13)17-10(3)19(4)16(12)21-8-14(20)18-11-5-6-11/h7,9-11H,5-6,8H2,1-4H3,(H,18,20). The van der Waals surface area contributed by atoms with E-state index in [1.807, 2.05) is 0 Å². The fourth-order valence-corrected chi connectivity index (χ4v) is 4.55. The Balaban J connectivity index is 1.86. The predicted molar refractivity (Wildman–Crippen MR) is 93.4 cm³/mol. The third-order valence-electron chi connectivity index (χ3n) is 4.00. The molecule has 1 atom stereocenters. The molecule has 120 valence electrons. The van der Waals surface area contributed by atoms with Crippen molar-refractivity contribution in [2.45, 2.75) is 51.7 Å². The average molecular weight is 338 g/mol. The van der Waals surface area contributed by atoms with Gasteiger partial charge in [0, 0.05) is 23.2 Å². The summed E-state index contributed by atoms with van der Waals surface area (Å²) in [5.41, 5.74) is 0. The van der Waals surface area contributed by atoms with Gasteiger partial charge in [-0.3, -0.25) is 4.79 Å². The molecule has 1 unspecified atom stereocenters. The molecule has 1 N–H and O–H groups in total. The quantitative estimate of drug-likeness (QED) is 0.892. The molecule has 1 saturated carbocycles. The highest BCUT2D eigenvalue weighted by atomic mass is 32.2. The molecule has 1 fully saturated rings. The van der Waals surface area contributed by atoms with E-state index >= 15 is 0 Å². The summed E-state index contributed by atoms with van der Waals surface area (Å²) in [4.78, 5) is 20.3.